The van der Waals surface area contributed by atoms with Crippen LogP contribution in [0, 0.1) is 0 Å². The van der Waals surface area contributed by atoms with Crippen LogP contribution in [-0.4, -0.2) is 35.2 Å². The number of hydrogen-bond acceptors (Lipinski definition) is 3. The molecule has 1 N–H and O–H groups in total. The van der Waals surface area contributed by atoms with Gasteiger partial charge in [0, 0.05) is 6.20 Å². The van der Waals surface area contributed by atoms with Gasteiger partial charge in [-0.25, -0.2) is 0 Å². The zero-order chi connectivity index (χ0) is 12.3. The summed E-state index contributed by atoms with van der Waals surface area (Å²) in [4.78, 5) is 25.3. The fourth-order valence-electron chi connectivity index (χ4n) is 1.71. The summed E-state index contributed by atoms with van der Waals surface area (Å²) in [6, 6.07) is -0.200. The quantitative estimate of drug-likeness (QED) is 0.780. The number of nitrogens with one attached hydrogen (secondary N) is 1. The Morgan fingerprint density at radius 3 is 2.69 bits per heavy atom. The largest absolute Gasteiger partial charge is 0.309 e. The van der Waals surface area contributed by atoms with Gasteiger partial charge >= 0.3 is 0 Å². The number of rotatable bonds is 3. The van der Waals surface area contributed by atoms with Crippen LogP contribution in [0.1, 0.15) is 33.6 Å². The number of likely N-dealkylation sites (N-methyl/N-ethyl adjacent to an activating group) is 1. The summed E-state index contributed by atoms with van der Waals surface area (Å²) in [7, 11) is 1.77. The molecule has 90 valence electrons. The lowest BCUT2D eigenvalue weighted by Gasteiger charge is -2.35. The third-order valence-corrected chi connectivity index (χ3v) is 3.22. The van der Waals surface area contributed by atoms with E-state index in [0.717, 1.165) is 12.8 Å². The molecule has 1 aliphatic rings. The van der Waals surface area contributed by atoms with E-state index in [1.54, 1.807) is 32.0 Å². The maximum absolute atomic E-state index is 12.2. The van der Waals surface area contributed by atoms with Crippen LogP contribution in [0.2, 0.25) is 0 Å². The molecule has 0 aromatic carbocycles. The van der Waals surface area contributed by atoms with Gasteiger partial charge in [0.1, 0.15) is 0 Å². The molecule has 0 fully saturated rings. The number of Topliss-reactive ketones (excluding diaryl/α,β-unsaturated/α-hetero) is 1. The average Bonchev–Trinajstić information content (AvgIpc) is 2.39. The zero-order valence-electron chi connectivity index (χ0n) is 10.4. The van der Waals surface area contributed by atoms with E-state index in [1.807, 2.05) is 6.08 Å². The van der Waals surface area contributed by atoms with Gasteiger partial charge < -0.3 is 10.2 Å². The minimum atomic E-state index is -0.771. The van der Waals surface area contributed by atoms with Crippen LogP contribution in [0.25, 0.3) is 0 Å². The molecule has 4 nitrogen and oxygen atoms in total. The second-order valence-electron chi connectivity index (χ2n) is 4.63. The van der Waals surface area contributed by atoms with Crippen LogP contribution >= 0.6 is 0 Å². The van der Waals surface area contributed by atoms with E-state index in [4.69, 9.17) is 0 Å². The lowest BCUT2D eigenvalue weighted by molar-refractivity contribution is -0.141. The molecule has 1 rings (SSSR count). The Kier molecular flexibility index (Phi) is 3.86. The Bertz CT molecular complexity index is 321. The van der Waals surface area contributed by atoms with Gasteiger partial charge in [0.2, 0.25) is 5.91 Å². The minimum Gasteiger partial charge on any atom is -0.309 e. The van der Waals surface area contributed by atoms with E-state index in [-0.39, 0.29) is 17.7 Å². The molecule has 0 saturated carbocycles. The Balaban J connectivity index is 3.01. The van der Waals surface area contributed by atoms with Crippen molar-refractivity contribution in [1.82, 2.24) is 10.2 Å². The predicted octanol–water partition coefficient (Wildman–Crippen LogP) is 1.08. The minimum absolute atomic E-state index is 0.0118. The maximum Gasteiger partial charge on any atom is 0.244 e. The van der Waals surface area contributed by atoms with Crippen molar-refractivity contribution in [2.24, 2.45) is 0 Å². The highest BCUT2D eigenvalue weighted by molar-refractivity contribution is 5.93. The van der Waals surface area contributed by atoms with Crippen molar-refractivity contribution in [3.63, 3.8) is 0 Å². The molecule has 1 atom stereocenters. The molecule has 16 heavy (non-hydrogen) atoms. The normalized spacial score (nSPS) is 22.1. The van der Waals surface area contributed by atoms with Gasteiger partial charge in [-0.1, -0.05) is 6.08 Å². The van der Waals surface area contributed by atoms with Crippen LogP contribution in [0.5, 0.6) is 0 Å². The van der Waals surface area contributed by atoms with Gasteiger partial charge in [-0.05, 0) is 40.7 Å². The molecule has 0 radical (unpaired) electrons. The summed E-state index contributed by atoms with van der Waals surface area (Å²) < 4.78 is 0. The maximum atomic E-state index is 12.2. The SMILES string of the molecule is CNC1CCC=CN(C(C)(C)C(C)=O)C1=O. The first kappa shape index (κ1) is 12.9. The van der Waals surface area contributed by atoms with Crippen molar-refractivity contribution in [2.75, 3.05) is 7.05 Å². The molecule has 0 aliphatic carbocycles. The van der Waals surface area contributed by atoms with Crippen molar-refractivity contribution in [2.45, 2.75) is 45.2 Å². The molecular weight excluding hydrogens is 204 g/mol. The predicted molar refractivity (Wildman–Crippen MR) is 62.8 cm³/mol. The van der Waals surface area contributed by atoms with Gasteiger partial charge in [-0.3, -0.25) is 9.59 Å². The van der Waals surface area contributed by atoms with Gasteiger partial charge in [0.05, 0.1) is 11.6 Å². The van der Waals surface area contributed by atoms with E-state index < -0.39 is 5.54 Å². The van der Waals surface area contributed by atoms with Gasteiger partial charge in [-0.2, -0.15) is 0 Å². The van der Waals surface area contributed by atoms with Crippen LogP contribution in [0.15, 0.2) is 12.3 Å². The van der Waals surface area contributed by atoms with Crippen LogP contribution in [-0.2, 0) is 9.59 Å². The monoisotopic (exact) mass is 224 g/mol. The number of nitrogens with zero attached hydrogens (tertiary/aromatic N) is 1. The summed E-state index contributed by atoms with van der Waals surface area (Å²) in [6.45, 7) is 5.06. The molecule has 0 aromatic heterocycles. The van der Waals surface area contributed by atoms with Crippen molar-refractivity contribution < 1.29 is 9.59 Å². The van der Waals surface area contributed by atoms with Crippen LogP contribution in [0.4, 0.5) is 0 Å². The fourth-order valence-corrected chi connectivity index (χ4v) is 1.71. The first-order valence-corrected chi connectivity index (χ1v) is 5.59. The van der Waals surface area contributed by atoms with Crippen molar-refractivity contribution >= 4 is 11.7 Å². The van der Waals surface area contributed by atoms with Gasteiger partial charge in [0.25, 0.3) is 0 Å². The summed E-state index contributed by atoms with van der Waals surface area (Å²) in [5.74, 6) is -0.0429. The molecule has 1 aliphatic heterocycles. The summed E-state index contributed by atoms with van der Waals surface area (Å²) >= 11 is 0. The van der Waals surface area contributed by atoms with E-state index in [2.05, 4.69) is 5.32 Å². The van der Waals surface area contributed by atoms with Crippen LogP contribution < -0.4 is 5.32 Å². The van der Waals surface area contributed by atoms with E-state index >= 15 is 0 Å². The number of ketones is 1. The van der Waals surface area contributed by atoms with Gasteiger partial charge in [-0.15, -0.1) is 0 Å². The molecule has 1 heterocycles. The Morgan fingerprint density at radius 2 is 2.19 bits per heavy atom. The number of allylic oxidation sites excluding steroid dienone is 1. The second-order valence-corrected chi connectivity index (χ2v) is 4.63. The van der Waals surface area contributed by atoms with E-state index in [9.17, 15) is 9.59 Å². The van der Waals surface area contributed by atoms with Crippen molar-refractivity contribution in [3.8, 4) is 0 Å². The third kappa shape index (κ3) is 2.32. The highest BCUT2D eigenvalue weighted by Gasteiger charge is 2.37. The van der Waals surface area contributed by atoms with E-state index in [0.29, 0.717) is 0 Å². The first-order valence-electron chi connectivity index (χ1n) is 5.59. The highest BCUT2D eigenvalue weighted by Crippen LogP contribution is 2.21. The third-order valence-electron chi connectivity index (χ3n) is 3.22. The molecular formula is C12H20N2O2. The Morgan fingerprint density at radius 1 is 1.56 bits per heavy atom. The highest BCUT2D eigenvalue weighted by atomic mass is 16.2. The topological polar surface area (TPSA) is 49.4 Å². The Hall–Kier alpha value is -1.16. The lowest BCUT2D eigenvalue weighted by atomic mass is 9.97. The van der Waals surface area contributed by atoms with Crippen molar-refractivity contribution in [1.29, 1.82) is 0 Å². The molecule has 0 spiro atoms. The number of carbonyl (C=O) groups is 2. The van der Waals surface area contributed by atoms with E-state index in [1.165, 1.54) is 6.92 Å². The summed E-state index contributed by atoms with van der Waals surface area (Å²) in [5, 5.41) is 2.99. The van der Waals surface area contributed by atoms with Gasteiger partial charge in [0.15, 0.2) is 5.78 Å². The molecule has 0 saturated heterocycles. The molecule has 1 amide bonds. The number of amides is 1. The molecule has 0 aromatic rings. The van der Waals surface area contributed by atoms with Crippen molar-refractivity contribution in [3.05, 3.63) is 12.3 Å². The standard InChI is InChI=1S/C12H20N2O2/c1-9(15)12(2,3)14-8-6-5-7-10(13-4)11(14)16/h6,8,10,13H,5,7H2,1-4H3. The van der Waals surface area contributed by atoms with Crippen LogP contribution in [0.3, 0.4) is 0 Å². The second kappa shape index (κ2) is 4.78. The zero-order valence-corrected chi connectivity index (χ0v) is 10.4. The Labute approximate surface area is 96.7 Å². The number of hydrogen-bond donors (Lipinski definition) is 1. The first-order chi connectivity index (χ1) is 7.41. The summed E-state index contributed by atoms with van der Waals surface area (Å²) in [5.41, 5.74) is -0.771. The number of carbonyl (C=O) groups excluding carboxylic acids is 2. The smallest absolute Gasteiger partial charge is 0.244 e. The summed E-state index contributed by atoms with van der Waals surface area (Å²) in [6.07, 6.45) is 5.30. The lowest BCUT2D eigenvalue weighted by Crippen LogP contribution is -2.54. The molecule has 1 unspecified atom stereocenters. The average molecular weight is 224 g/mol. The fraction of sp³-hybridized carbons (Fsp3) is 0.667. The molecule has 4 heteroatoms. The molecule has 0 bridgehead atoms.